The van der Waals surface area contributed by atoms with Crippen LogP contribution >= 0.6 is 15.9 Å². The molecule has 23 heavy (non-hydrogen) atoms. The molecule has 0 aliphatic heterocycles. The van der Waals surface area contributed by atoms with Crippen LogP contribution in [0.15, 0.2) is 53.0 Å². The molecular formula is C16H11BrF3NO2. The molecule has 2 aromatic rings. The molecule has 0 saturated carbocycles. The Labute approximate surface area is 138 Å². The Morgan fingerprint density at radius 1 is 0.957 bits per heavy atom. The normalized spacial score (nSPS) is 12.7. The SMILES string of the molecule is NC(C(=O)c1ccc(Br)cc1)C(=O)c1ccccc1C(F)(F)F. The summed E-state index contributed by atoms with van der Waals surface area (Å²) in [7, 11) is 0. The van der Waals surface area contributed by atoms with Crippen LogP contribution in [0.3, 0.4) is 0 Å². The summed E-state index contributed by atoms with van der Waals surface area (Å²) in [5, 5.41) is 0. The number of benzene rings is 2. The van der Waals surface area contributed by atoms with E-state index in [2.05, 4.69) is 15.9 Å². The zero-order valence-electron chi connectivity index (χ0n) is 11.6. The van der Waals surface area contributed by atoms with Gasteiger partial charge in [0, 0.05) is 15.6 Å². The third-order valence-corrected chi connectivity index (χ3v) is 3.72. The van der Waals surface area contributed by atoms with E-state index in [0.717, 1.165) is 16.6 Å². The van der Waals surface area contributed by atoms with Gasteiger partial charge in [0.15, 0.2) is 11.6 Å². The van der Waals surface area contributed by atoms with Crippen molar-refractivity contribution in [2.24, 2.45) is 5.73 Å². The maximum absolute atomic E-state index is 13.0. The number of rotatable bonds is 4. The largest absolute Gasteiger partial charge is 0.417 e. The first-order valence-electron chi connectivity index (χ1n) is 6.47. The Morgan fingerprint density at radius 3 is 2.09 bits per heavy atom. The van der Waals surface area contributed by atoms with Crippen LogP contribution in [0.4, 0.5) is 13.2 Å². The van der Waals surface area contributed by atoms with E-state index in [0.29, 0.717) is 0 Å². The molecule has 2 rings (SSSR count). The smallest absolute Gasteiger partial charge is 0.315 e. The lowest BCUT2D eigenvalue weighted by Gasteiger charge is -2.15. The second-order valence-electron chi connectivity index (χ2n) is 4.76. The van der Waals surface area contributed by atoms with E-state index >= 15 is 0 Å². The average molecular weight is 386 g/mol. The summed E-state index contributed by atoms with van der Waals surface area (Å²) < 4.78 is 39.6. The van der Waals surface area contributed by atoms with Crippen LogP contribution in [-0.4, -0.2) is 17.6 Å². The summed E-state index contributed by atoms with van der Waals surface area (Å²) in [6, 6.07) is 8.59. The molecule has 0 fully saturated rings. The van der Waals surface area contributed by atoms with Crippen LogP contribution in [0.25, 0.3) is 0 Å². The Morgan fingerprint density at radius 2 is 1.52 bits per heavy atom. The molecule has 0 aliphatic carbocycles. The van der Waals surface area contributed by atoms with Gasteiger partial charge >= 0.3 is 6.18 Å². The Bertz CT molecular complexity index is 742. The van der Waals surface area contributed by atoms with Crippen LogP contribution in [0, 0.1) is 0 Å². The fraction of sp³-hybridized carbons (Fsp3) is 0.125. The topological polar surface area (TPSA) is 60.2 Å². The minimum Gasteiger partial charge on any atom is -0.315 e. The molecule has 0 heterocycles. The maximum Gasteiger partial charge on any atom is 0.417 e. The van der Waals surface area contributed by atoms with Gasteiger partial charge in [0.25, 0.3) is 0 Å². The number of carbonyl (C=O) groups excluding carboxylic acids is 2. The molecule has 1 atom stereocenters. The fourth-order valence-corrected chi connectivity index (χ4v) is 2.29. The number of ketones is 2. The molecule has 2 aromatic carbocycles. The molecule has 0 radical (unpaired) electrons. The molecule has 120 valence electrons. The highest BCUT2D eigenvalue weighted by molar-refractivity contribution is 9.10. The first-order chi connectivity index (χ1) is 10.7. The molecule has 3 nitrogen and oxygen atoms in total. The van der Waals surface area contributed by atoms with Crippen LogP contribution in [0.1, 0.15) is 26.3 Å². The second-order valence-corrected chi connectivity index (χ2v) is 5.67. The van der Waals surface area contributed by atoms with Crippen molar-refractivity contribution in [3.63, 3.8) is 0 Å². The zero-order valence-corrected chi connectivity index (χ0v) is 13.2. The molecule has 0 saturated heterocycles. The van der Waals surface area contributed by atoms with Crippen LogP contribution in [0.5, 0.6) is 0 Å². The second kappa shape index (κ2) is 6.64. The maximum atomic E-state index is 13.0. The minimum absolute atomic E-state index is 0.151. The molecule has 0 amide bonds. The van der Waals surface area contributed by atoms with Gasteiger partial charge in [-0.2, -0.15) is 13.2 Å². The molecule has 0 aliphatic rings. The standard InChI is InChI=1S/C16H11BrF3NO2/c17-10-7-5-9(6-8-10)14(22)13(21)15(23)11-3-1-2-4-12(11)16(18,19)20/h1-8,13H,21H2. The Hall–Kier alpha value is -1.99. The van der Waals surface area contributed by atoms with Gasteiger partial charge in [-0.15, -0.1) is 0 Å². The molecule has 1 unspecified atom stereocenters. The van der Waals surface area contributed by atoms with Crippen molar-refractivity contribution in [2.45, 2.75) is 12.2 Å². The number of halogens is 4. The van der Waals surface area contributed by atoms with E-state index < -0.39 is 34.9 Å². The van der Waals surface area contributed by atoms with Crippen molar-refractivity contribution in [2.75, 3.05) is 0 Å². The summed E-state index contributed by atoms with van der Waals surface area (Å²) in [6.07, 6.45) is -4.70. The summed E-state index contributed by atoms with van der Waals surface area (Å²) in [4.78, 5) is 24.4. The lowest BCUT2D eigenvalue weighted by Crippen LogP contribution is -2.39. The molecule has 7 heteroatoms. The molecule has 2 N–H and O–H groups in total. The fourth-order valence-electron chi connectivity index (χ4n) is 2.03. The van der Waals surface area contributed by atoms with Gasteiger partial charge in [0.2, 0.25) is 0 Å². The van der Waals surface area contributed by atoms with Gasteiger partial charge in [-0.3, -0.25) is 9.59 Å². The summed E-state index contributed by atoms with van der Waals surface area (Å²) >= 11 is 3.19. The van der Waals surface area contributed by atoms with Gasteiger partial charge in [0.1, 0.15) is 6.04 Å². The van der Waals surface area contributed by atoms with E-state index in [1.54, 1.807) is 12.1 Å². The number of hydrogen-bond acceptors (Lipinski definition) is 3. The van der Waals surface area contributed by atoms with Crippen molar-refractivity contribution in [1.82, 2.24) is 0 Å². The summed E-state index contributed by atoms with van der Waals surface area (Å²) in [6.45, 7) is 0. The molecule has 0 bridgehead atoms. The lowest BCUT2D eigenvalue weighted by atomic mass is 9.94. The predicted molar refractivity (Wildman–Crippen MR) is 82.2 cm³/mol. The number of Topliss-reactive ketones (excluding diaryl/α,β-unsaturated/α-hetero) is 2. The molecule has 0 spiro atoms. The van der Waals surface area contributed by atoms with E-state index in [1.165, 1.54) is 24.3 Å². The van der Waals surface area contributed by atoms with E-state index in [9.17, 15) is 22.8 Å². The van der Waals surface area contributed by atoms with E-state index in [1.807, 2.05) is 0 Å². The number of nitrogens with two attached hydrogens (primary N) is 1. The van der Waals surface area contributed by atoms with Crippen LogP contribution in [0.2, 0.25) is 0 Å². The Balaban J connectivity index is 2.34. The quantitative estimate of drug-likeness (QED) is 0.641. The highest BCUT2D eigenvalue weighted by Gasteiger charge is 2.37. The van der Waals surface area contributed by atoms with Crippen molar-refractivity contribution < 1.29 is 22.8 Å². The average Bonchev–Trinajstić information content (AvgIpc) is 2.52. The minimum atomic E-state index is -4.70. The van der Waals surface area contributed by atoms with Crippen molar-refractivity contribution in [1.29, 1.82) is 0 Å². The predicted octanol–water partition coefficient (Wildman–Crippen LogP) is 3.86. The van der Waals surface area contributed by atoms with Gasteiger partial charge in [-0.1, -0.05) is 46.3 Å². The van der Waals surface area contributed by atoms with Crippen LogP contribution in [-0.2, 0) is 6.18 Å². The van der Waals surface area contributed by atoms with E-state index in [-0.39, 0.29) is 5.56 Å². The van der Waals surface area contributed by atoms with Gasteiger partial charge in [-0.05, 0) is 18.2 Å². The van der Waals surface area contributed by atoms with Gasteiger partial charge < -0.3 is 5.73 Å². The summed E-state index contributed by atoms with van der Waals surface area (Å²) in [5.41, 5.74) is 4.03. The first-order valence-corrected chi connectivity index (χ1v) is 7.27. The van der Waals surface area contributed by atoms with Gasteiger partial charge in [0.05, 0.1) is 5.56 Å². The lowest BCUT2D eigenvalue weighted by molar-refractivity contribution is -0.137. The summed E-state index contributed by atoms with van der Waals surface area (Å²) in [5.74, 6) is -1.80. The number of alkyl halides is 3. The van der Waals surface area contributed by atoms with Gasteiger partial charge in [-0.25, -0.2) is 0 Å². The molecular weight excluding hydrogens is 375 g/mol. The molecule has 0 aromatic heterocycles. The highest BCUT2D eigenvalue weighted by atomic mass is 79.9. The number of hydrogen-bond donors (Lipinski definition) is 1. The first kappa shape index (κ1) is 17.4. The third kappa shape index (κ3) is 3.86. The third-order valence-electron chi connectivity index (χ3n) is 3.19. The zero-order chi connectivity index (χ0) is 17.2. The van der Waals surface area contributed by atoms with Crippen molar-refractivity contribution in [3.05, 3.63) is 69.7 Å². The monoisotopic (exact) mass is 385 g/mol. The van der Waals surface area contributed by atoms with E-state index in [4.69, 9.17) is 5.73 Å². The van der Waals surface area contributed by atoms with Crippen LogP contribution < -0.4 is 5.73 Å². The number of carbonyl (C=O) groups is 2. The Kier molecular flexibility index (Phi) is 5.01. The van der Waals surface area contributed by atoms with Crippen molar-refractivity contribution in [3.8, 4) is 0 Å². The highest BCUT2D eigenvalue weighted by Crippen LogP contribution is 2.32. The van der Waals surface area contributed by atoms with Crippen molar-refractivity contribution >= 4 is 27.5 Å².